The number of aliphatic hydroxyl groups excluding tert-OH is 1. The Morgan fingerprint density at radius 1 is 1.27 bits per heavy atom. The Bertz CT molecular complexity index is 306. The van der Waals surface area contributed by atoms with E-state index in [1.807, 2.05) is 24.3 Å². The average molecular weight is 207 g/mol. The van der Waals surface area contributed by atoms with Crippen molar-refractivity contribution in [3.05, 3.63) is 29.8 Å². The number of carbonyl (C=O) groups is 1. The zero-order valence-electron chi connectivity index (χ0n) is 8.99. The van der Waals surface area contributed by atoms with E-state index in [1.165, 1.54) is 0 Å². The molecule has 0 aliphatic carbocycles. The molecule has 0 radical (unpaired) electrons. The molecule has 0 aliphatic rings. The van der Waals surface area contributed by atoms with E-state index in [0.29, 0.717) is 0 Å². The number of carbonyl (C=O) groups excluding carboxylic acids is 1. The largest absolute Gasteiger partial charge is 0.396 e. The van der Waals surface area contributed by atoms with Gasteiger partial charge in [0.25, 0.3) is 0 Å². The van der Waals surface area contributed by atoms with E-state index in [4.69, 9.17) is 5.11 Å². The van der Waals surface area contributed by atoms with Gasteiger partial charge in [0, 0.05) is 24.4 Å². The zero-order chi connectivity index (χ0) is 11.1. The Morgan fingerprint density at radius 3 is 2.47 bits per heavy atom. The van der Waals surface area contributed by atoms with Crippen LogP contribution in [-0.4, -0.2) is 24.0 Å². The van der Waals surface area contributed by atoms with E-state index in [9.17, 15) is 4.79 Å². The lowest BCUT2D eigenvalue weighted by molar-refractivity contribution is 0.101. The smallest absolute Gasteiger partial charge is 0.159 e. The third kappa shape index (κ3) is 4.13. The third-order valence-corrected chi connectivity index (χ3v) is 2.21. The first-order valence-electron chi connectivity index (χ1n) is 5.20. The summed E-state index contributed by atoms with van der Waals surface area (Å²) in [7, 11) is 0. The Morgan fingerprint density at radius 2 is 1.93 bits per heavy atom. The van der Waals surface area contributed by atoms with Gasteiger partial charge in [0.05, 0.1) is 0 Å². The van der Waals surface area contributed by atoms with Gasteiger partial charge < -0.3 is 10.4 Å². The average Bonchev–Trinajstić information content (AvgIpc) is 2.25. The van der Waals surface area contributed by atoms with Gasteiger partial charge in [0.15, 0.2) is 5.78 Å². The fraction of sp³-hybridized carbons (Fsp3) is 0.417. The minimum atomic E-state index is 0.0850. The molecule has 0 spiro atoms. The second-order valence-electron chi connectivity index (χ2n) is 3.49. The van der Waals surface area contributed by atoms with Crippen LogP contribution < -0.4 is 5.32 Å². The van der Waals surface area contributed by atoms with Crippen LogP contribution in [0.1, 0.15) is 30.1 Å². The highest BCUT2D eigenvalue weighted by Gasteiger charge is 1.97. The highest BCUT2D eigenvalue weighted by molar-refractivity contribution is 5.94. The fourth-order valence-corrected chi connectivity index (χ4v) is 1.29. The SMILES string of the molecule is CC(=O)c1ccc(NCCCCO)cc1. The second kappa shape index (κ2) is 6.19. The Kier molecular flexibility index (Phi) is 4.84. The van der Waals surface area contributed by atoms with Crippen LogP contribution in [0.25, 0.3) is 0 Å². The zero-order valence-corrected chi connectivity index (χ0v) is 8.99. The van der Waals surface area contributed by atoms with Crippen molar-refractivity contribution in [1.82, 2.24) is 0 Å². The highest BCUT2D eigenvalue weighted by atomic mass is 16.2. The summed E-state index contributed by atoms with van der Waals surface area (Å²) in [6, 6.07) is 7.43. The van der Waals surface area contributed by atoms with E-state index in [1.54, 1.807) is 6.92 Å². The summed E-state index contributed by atoms with van der Waals surface area (Å²) in [6.45, 7) is 2.65. The third-order valence-electron chi connectivity index (χ3n) is 2.21. The molecule has 82 valence electrons. The quantitative estimate of drug-likeness (QED) is 0.554. The highest BCUT2D eigenvalue weighted by Crippen LogP contribution is 2.09. The van der Waals surface area contributed by atoms with Crippen LogP contribution in [0.2, 0.25) is 0 Å². The first-order chi connectivity index (χ1) is 7.24. The van der Waals surface area contributed by atoms with Crippen LogP contribution in [0.15, 0.2) is 24.3 Å². The molecule has 0 aromatic heterocycles. The van der Waals surface area contributed by atoms with Gasteiger partial charge in [-0.2, -0.15) is 0 Å². The van der Waals surface area contributed by atoms with Crippen molar-refractivity contribution in [2.45, 2.75) is 19.8 Å². The van der Waals surface area contributed by atoms with Crippen LogP contribution in [0.4, 0.5) is 5.69 Å². The number of benzene rings is 1. The first kappa shape index (κ1) is 11.7. The predicted molar refractivity (Wildman–Crippen MR) is 61.3 cm³/mol. The van der Waals surface area contributed by atoms with E-state index in [0.717, 1.165) is 30.6 Å². The summed E-state index contributed by atoms with van der Waals surface area (Å²) in [4.78, 5) is 11.0. The molecule has 1 rings (SSSR count). The van der Waals surface area contributed by atoms with Crippen LogP contribution in [0, 0.1) is 0 Å². The standard InChI is InChI=1S/C12H17NO2/c1-10(15)11-4-6-12(7-5-11)13-8-2-3-9-14/h4-7,13-14H,2-3,8-9H2,1H3. The lowest BCUT2D eigenvalue weighted by Gasteiger charge is -2.05. The summed E-state index contributed by atoms with van der Waals surface area (Å²) >= 11 is 0. The van der Waals surface area contributed by atoms with Gasteiger partial charge in [-0.15, -0.1) is 0 Å². The lowest BCUT2D eigenvalue weighted by atomic mass is 10.1. The molecule has 3 nitrogen and oxygen atoms in total. The molecule has 0 aliphatic heterocycles. The molecule has 15 heavy (non-hydrogen) atoms. The van der Waals surface area contributed by atoms with Crippen molar-refractivity contribution < 1.29 is 9.90 Å². The summed E-state index contributed by atoms with van der Waals surface area (Å²) in [6.07, 6.45) is 1.77. The number of hydrogen-bond donors (Lipinski definition) is 2. The molecule has 0 amide bonds. The molecule has 1 aromatic rings. The Labute approximate surface area is 90.1 Å². The molecule has 0 saturated carbocycles. The van der Waals surface area contributed by atoms with Crippen LogP contribution in [0.3, 0.4) is 0 Å². The molecule has 0 atom stereocenters. The summed E-state index contributed by atoms with van der Waals surface area (Å²) in [5, 5.41) is 11.8. The molecule has 2 N–H and O–H groups in total. The molecule has 0 heterocycles. The van der Waals surface area contributed by atoms with Crippen molar-refractivity contribution in [3.63, 3.8) is 0 Å². The minimum absolute atomic E-state index is 0.0850. The van der Waals surface area contributed by atoms with Gasteiger partial charge in [-0.1, -0.05) is 0 Å². The molecule has 0 unspecified atom stereocenters. The molecular formula is C12H17NO2. The number of hydrogen-bond acceptors (Lipinski definition) is 3. The van der Waals surface area contributed by atoms with E-state index < -0.39 is 0 Å². The number of nitrogens with one attached hydrogen (secondary N) is 1. The van der Waals surface area contributed by atoms with E-state index >= 15 is 0 Å². The summed E-state index contributed by atoms with van der Waals surface area (Å²) < 4.78 is 0. The minimum Gasteiger partial charge on any atom is -0.396 e. The number of unbranched alkanes of at least 4 members (excludes halogenated alkanes) is 1. The van der Waals surface area contributed by atoms with E-state index in [2.05, 4.69) is 5.32 Å². The molecule has 0 bridgehead atoms. The maximum absolute atomic E-state index is 11.0. The summed E-state index contributed by atoms with van der Waals surface area (Å²) in [5.41, 5.74) is 1.74. The van der Waals surface area contributed by atoms with E-state index in [-0.39, 0.29) is 12.4 Å². The van der Waals surface area contributed by atoms with Gasteiger partial charge >= 0.3 is 0 Å². The second-order valence-corrected chi connectivity index (χ2v) is 3.49. The maximum atomic E-state index is 11.0. The monoisotopic (exact) mass is 207 g/mol. The normalized spacial score (nSPS) is 10.0. The number of rotatable bonds is 6. The molecule has 0 fully saturated rings. The Balaban J connectivity index is 2.39. The lowest BCUT2D eigenvalue weighted by Crippen LogP contribution is -2.02. The summed E-state index contributed by atoms with van der Waals surface area (Å²) in [5.74, 6) is 0.0850. The predicted octanol–water partition coefficient (Wildman–Crippen LogP) is 2.07. The molecule has 1 aromatic carbocycles. The van der Waals surface area contributed by atoms with Crippen molar-refractivity contribution in [2.24, 2.45) is 0 Å². The first-order valence-corrected chi connectivity index (χ1v) is 5.20. The number of anilines is 1. The van der Waals surface area contributed by atoms with Gasteiger partial charge in [0.2, 0.25) is 0 Å². The van der Waals surface area contributed by atoms with Crippen molar-refractivity contribution in [3.8, 4) is 0 Å². The van der Waals surface area contributed by atoms with Crippen molar-refractivity contribution in [2.75, 3.05) is 18.5 Å². The van der Waals surface area contributed by atoms with Crippen molar-refractivity contribution >= 4 is 11.5 Å². The van der Waals surface area contributed by atoms with Crippen LogP contribution in [0.5, 0.6) is 0 Å². The van der Waals surface area contributed by atoms with Crippen molar-refractivity contribution in [1.29, 1.82) is 0 Å². The van der Waals surface area contributed by atoms with Crippen LogP contribution >= 0.6 is 0 Å². The van der Waals surface area contributed by atoms with Gasteiger partial charge in [-0.3, -0.25) is 4.79 Å². The number of aliphatic hydroxyl groups is 1. The van der Waals surface area contributed by atoms with Crippen LogP contribution in [-0.2, 0) is 0 Å². The van der Waals surface area contributed by atoms with Gasteiger partial charge in [-0.05, 0) is 44.0 Å². The molecule has 3 heteroatoms. The van der Waals surface area contributed by atoms with Gasteiger partial charge in [0.1, 0.15) is 0 Å². The maximum Gasteiger partial charge on any atom is 0.159 e. The number of ketones is 1. The number of Topliss-reactive ketones (excluding diaryl/α,β-unsaturated/α-hetero) is 1. The topological polar surface area (TPSA) is 49.3 Å². The Hall–Kier alpha value is -1.35. The molecule has 0 saturated heterocycles. The fourth-order valence-electron chi connectivity index (χ4n) is 1.29. The molecular weight excluding hydrogens is 190 g/mol. The van der Waals surface area contributed by atoms with Gasteiger partial charge in [-0.25, -0.2) is 0 Å².